The molecular formula is C57H100O6. The van der Waals surface area contributed by atoms with Gasteiger partial charge in [0.05, 0.1) is 0 Å². The molecule has 0 rings (SSSR count). The fraction of sp³-hybridized carbons (Fsp3) is 0.772. The van der Waals surface area contributed by atoms with Crippen molar-refractivity contribution in [2.75, 3.05) is 13.2 Å². The minimum atomic E-state index is -0.806. The van der Waals surface area contributed by atoms with Crippen LogP contribution in [0.4, 0.5) is 0 Å². The lowest BCUT2D eigenvalue weighted by Gasteiger charge is -2.18. The number of carbonyl (C=O) groups is 3. The average molecular weight is 881 g/mol. The van der Waals surface area contributed by atoms with Crippen molar-refractivity contribution in [3.05, 3.63) is 60.8 Å². The van der Waals surface area contributed by atoms with E-state index in [0.29, 0.717) is 19.3 Å². The van der Waals surface area contributed by atoms with Gasteiger partial charge < -0.3 is 14.2 Å². The third-order valence-electron chi connectivity index (χ3n) is 11.5. The highest BCUT2D eigenvalue weighted by atomic mass is 16.6. The summed E-state index contributed by atoms with van der Waals surface area (Å²) in [5.41, 5.74) is 0. The molecule has 0 aliphatic rings. The number of ether oxygens (including phenoxy) is 3. The van der Waals surface area contributed by atoms with Crippen molar-refractivity contribution in [1.82, 2.24) is 0 Å². The van der Waals surface area contributed by atoms with E-state index in [9.17, 15) is 14.4 Å². The number of unbranched alkanes of at least 4 members (excludes halogenated alkanes) is 27. The molecule has 0 saturated carbocycles. The molecule has 1 unspecified atom stereocenters. The van der Waals surface area contributed by atoms with Crippen molar-refractivity contribution in [3.8, 4) is 0 Å². The molecule has 0 radical (unpaired) electrons. The lowest BCUT2D eigenvalue weighted by molar-refractivity contribution is -0.166. The van der Waals surface area contributed by atoms with Gasteiger partial charge in [0, 0.05) is 19.3 Å². The van der Waals surface area contributed by atoms with Gasteiger partial charge in [0.15, 0.2) is 6.10 Å². The molecule has 6 nitrogen and oxygen atoms in total. The summed E-state index contributed by atoms with van der Waals surface area (Å²) in [6.45, 7) is 6.46. The van der Waals surface area contributed by atoms with Crippen molar-refractivity contribution in [3.63, 3.8) is 0 Å². The van der Waals surface area contributed by atoms with E-state index in [2.05, 4.69) is 75.5 Å². The Hall–Kier alpha value is -2.89. The van der Waals surface area contributed by atoms with E-state index in [1.54, 1.807) is 0 Å². The van der Waals surface area contributed by atoms with E-state index >= 15 is 0 Å². The van der Waals surface area contributed by atoms with Crippen molar-refractivity contribution < 1.29 is 28.6 Å². The monoisotopic (exact) mass is 881 g/mol. The summed E-state index contributed by atoms with van der Waals surface area (Å²) in [5.74, 6) is -0.985. The fourth-order valence-corrected chi connectivity index (χ4v) is 7.51. The Morgan fingerprint density at radius 3 is 1.06 bits per heavy atom. The lowest BCUT2D eigenvalue weighted by Crippen LogP contribution is -2.30. The van der Waals surface area contributed by atoms with Gasteiger partial charge in [-0.15, -0.1) is 0 Å². The van der Waals surface area contributed by atoms with E-state index in [0.717, 1.165) is 83.5 Å². The zero-order valence-electron chi connectivity index (χ0n) is 41.6. The van der Waals surface area contributed by atoms with Gasteiger partial charge in [-0.3, -0.25) is 14.4 Å². The predicted molar refractivity (Wildman–Crippen MR) is 270 cm³/mol. The van der Waals surface area contributed by atoms with Crippen molar-refractivity contribution >= 4 is 17.9 Å². The molecule has 6 heteroatoms. The maximum atomic E-state index is 12.8. The van der Waals surface area contributed by atoms with Crippen LogP contribution in [0.3, 0.4) is 0 Å². The smallest absolute Gasteiger partial charge is 0.306 e. The highest BCUT2D eigenvalue weighted by Crippen LogP contribution is 2.16. The van der Waals surface area contributed by atoms with E-state index in [4.69, 9.17) is 14.2 Å². The minimum Gasteiger partial charge on any atom is -0.462 e. The number of allylic oxidation sites excluding steroid dienone is 10. The minimum absolute atomic E-state index is 0.0984. The number of hydrogen-bond donors (Lipinski definition) is 0. The number of rotatable bonds is 48. The van der Waals surface area contributed by atoms with Gasteiger partial charge in [-0.2, -0.15) is 0 Å². The Morgan fingerprint density at radius 2 is 0.651 bits per heavy atom. The average Bonchev–Trinajstić information content (AvgIpc) is 3.28. The summed E-state index contributed by atoms with van der Waals surface area (Å²) in [5, 5.41) is 0. The SMILES string of the molecule is CC/C=C/C/C=C/C/C=C/CCCCCCC(=O)OC(COC(=O)CC/C=C/C/C=C/CCCCCCCC)COC(=O)CCCCCCCCCCCCCCCCCCCC. The number of esters is 3. The van der Waals surface area contributed by atoms with Gasteiger partial charge in [0.1, 0.15) is 13.2 Å². The maximum Gasteiger partial charge on any atom is 0.306 e. The molecule has 0 saturated heterocycles. The second-order valence-electron chi connectivity index (χ2n) is 17.8. The Kier molecular flexibility index (Phi) is 49.4. The largest absolute Gasteiger partial charge is 0.462 e. The van der Waals surface area contributed by atoms with Crippen molar-refractivity contribution in [2.24, 2.45) is 0 Å². The van der Waals surface area contributed by atoms with E-state index in [1.165, 1.54) is 135 Å². The standard InChI is InChI=1S/C57H100O6/c1-4-7-10-13-16-19-22-25-27-28-29-30-33-35-38-41-44-47-50-56(59)62-53-54(52-61-55(58)49-46-43-40-37-34-31-24-21-18-15-12-9-6-3)63-57(60)51-48-45-42-39-36-32-26-23-20-17-14-11-8-5-2/h8,11,17,20,26,31-32,34,40,43,54H,4-7,9-10,12-16,18-19,21-25,27-30,33,35-39,41-42,44-53H2,1-3H3/b11-8+,20-17+,32-26+,34-31+,43-40+. The Labute approximate surface area is 390 Å². The van der Waals surface area contributed by atoms with Crippen LogP contribution in [0.1, 0.15) is 265 Å². The molecule has 0 aromatic rings. The molecule has 0 aliphatic heterocycles. The van der Waals surface area contributed by atoms with Gasteiger partial charge in [-0.05, 0) is 70.6 Å². The fourth-order valence-electron chi connectivity index (χ4n) is 7.51. The van der Waals surface area contributed by atoms with Crippen LogP contribution in [-0.2, 0) is 28.6 Å². The van der Waals surface area contributed by atoms with Crippen LogP contribution in [0.2, 0.25) is 0 Å². The first kappa shape index (κ1) is 60.1. The maximum absolute atomic E-state index is 12.8. The van der Waals surface area contributed by atoms with Crippen LogP contribution >= 0.6 is 0 Å². The lowest BCUT2D eigenvalue weighted by atomic mass is 10.0. The number of carbonyl (C=O) groups excluding carboxylic acids is 3. The van der Waals surface area contributed by atoms with Crippen molar-refractivity contribution in [1.29, 1.82) is 0 Å². The highest BCUT2D eigenvalue weighted by Gasteiger charge is 2.19. The zero-order valence-corrected chi connectivity index (χ0v) is 41.6. The quantitative estimate of drug-likeness (QED) is 0.0262. The van der Waals surface area contributed by atoms with E-state index in [1.807, 2.05) is 6.08 Å². The second kappa shape index (κ2) is 51.7. The van der Waals surface area contributed by atoms with Gasteiger partial charge in [0.25, 0.3) is 0 Å². The molecule has 0 fully saturated rings. The summed E-state index contributed by atoms with van der Waals surface area (Å²) < 4.78 is 16.7. The molecule has 364 valence electrons. The van der Waals surface area contributed by atoms with E-state index in [-0.39, 0.29) is 37.5 Å². The summed E-state index contributed by atoms with van der Waals surface area (Å²) in [6, 6.07) is 0. The van der Waals surface area contributed by atoms with Gasteiger partial charge in [-0.1, -0.05) is 236 Å². The van der Waals surface area contributed by atoms with Crippen LogP contribution < -0.4 is 0 Å². The molecule has 0 aromatic heterocycles. The van der Waals surface area contributed by atoms with Crippen LogP contribution in [0.15, 0.2) is 60.8 Å². The third-order valence-corrected chi connectivity index (χ3v) is 11.5. The molecule has 1 atom stereocenters. The van der Waals surface area contributed by atoms with E-state index < -0.39 is 6.10 Å². The van der Waals surface area contributed by atoms with Crippen LogP contribution in [0.25, 0.3) is 0 Å². The summed E-state index contributed by atoms with van der Waals surface area (Å²) in [7, 11) is 0. The molecule has 0 spiro atoms. The normalized spacial score (nSPS) is 12.5. The highest BCUT2D eigenvalue weighted by molar-refractivity contribution is 5.71. The number of hydrogen-bond acceptors (Lipinski definition) is 6. The van der Waals surface area contributed by atoms with Gasteiger partial charge in [0.2, 0.25) is 0 Å². The van der Waals surface area contributed by atoms with Gasteiger partial charge >= 0.3 is 17.9 Å². The predicted octanol–water partition coefficient (Wildman–Crippen LogP) is 17.6. The molecule has 0 aromatic carbocycles. The molecule has 0 N–H and O–H groups in total. The van der Waals surface area contributed by atoms with Crippen LogP contribution in [0.5, 0.6) is 0 Å². The first-order chi connectivity index (χ1) is 31.0. The molecule has 63 heavy (non-hydrogen) atoms. The van der Waals surface area contributed by atoms with Gasteiger partial charge in [-0.25, -0.2) is 0 Å². The molecule has 0 amide bonds. The summed E-state index contributed by atoms with van der Waals surface area (Å²) >= 11 is 0. The van der Waals surface area contributed by atoms with Crippen LogP contribution in [0, 0.1) is 0 Å². The molecule has 0 heterocycles. The Bertz CT molecular complexity index is 1150. The summed E-state index contributed by atoms with van der Waals surface area (Å²) in [4.78, 5) is 38.0. The van der Waals surface area contributed by atoms with Crippen LogP contribution in [-0.4, -0.2) is 37.2 Å². The first-order valence-corrected chi connectivity index (χ1v) is 26.8. The molecular weight excluding hydrogens is 781 g/mol. The topological polar surface area (TPSA) is 78.9 Å². The molecule has 0 aliphatic carbocycles. The Morgan fingerprint density at radius 1 is 0.333 bits per heavy atom. The molecule has 0 bridgehead atoms. The Balaban J connectivity index is 4.41. The summed E-state index contributed by atoms with van der Waals surface area (Å²) in [6.07, 6.45) is 63.7. The zero-order chi connectivity index (χ0) is 45.8. The first-order valence-electron chi connectivity index (χ1n) is 26.8. The third kappa shape index (κ3) is 50.0. The van der Waals surface area contributed by atoms with Crippen molar-refractivity contribution in [2.45, 2.75) is 271 Å². The second-order valence-corrected chi connectivity index (χ2v) is 17.8.